The minimum Gasteiger partial charge on any atom is -0.742 e. The van der Waals surface area contributed by atoms with Crippen LogP contribution in [-0.4, -0.2) is 218 Å². The Bertz CT molecular complexity index is 2560. The Kier molecular flexibility index (Phi) is 50.0. The van der Waals surface area contributed by atoms with Crippen LogP contribution in [0.15, 0.2) is 0 Å². The number of ether oxygens (including phenoxy) is 8. The second kappa shape index (κ2) is 41.5. The maximum absolute atomic E-state index is 13.2. The molecule has 0 aromatic rings. The van der Waals surface area contributed by atoms with Crippen molar-refractivity contribution in [1.29, 1.82) is 0 Å². The van der Waals surface area contributed by atoms with Crippen LogP contribution >= 0.6 is 0 Å². The van der Waals surface area contributed by atoms with E-state index >= 15 is 0 Å². The van der Waals surface area contributed by atoms with Gasteiger partial charge in [-0.3, -0.25) is 18.7 Å². The molecular formula is C44H94F16N4O24S4+2. The summed E-state index contributed by atoms with van der Waals surface area (Å²) < 4.78 is 377. The van der Waals surface area contributed by atoms with Gasteiger partial charge in [0, 0.05) is 21.7 Å². The normalized spacial score (nSPS) is 15.6. The Hall–Kier alpha value is -2.70. The molecular weight excluding hydrogens is 1400 g/mol. The number of rotatable bonds is 38. The van der Waals surface area contributed by atoms with Crippen molar-refractivity contribution >= 4 is 51.3 Å². The Morgan fingerprint density at radius 2 is 0.511 bits per heavy atom. The molecule has 0 saturated heterocycles. The number of hydrogen-bond donors (Lipinski definition) is 6. The Morgan fingerprint density at radius 3 is 0.707 bits per heavy atom. The van der Waals surface area contributed by atoms with Gasteiger partial charge >= 0.3 is 57.3 Å². The van der Waals surface area contributed by atoms with Gasteiger partial charge in [-0.05, 0) is 13.8 Å². The van der Waals surface area contributed by atoms with Crippen LogP contribution in [0.25, 0.3) is 0 Å². The van der Waals surface area contributed by atoms with Crippen LogP contribution in [0, 0.1) is 32.5 Å². The lowest BCUT2D eigenvalue weighted by Crippen LogP contribution is -2.45. The van der Waals surface area contributed by atoms with Gasteiger partial charge in [0.05, 0.1) is 103 Å². The van der Waals surface area contributed by atoms with E-state index in [1.165, 1.54) is 34.6 Å². The van der Waals surface area contributed by atoms with E-state index in [0.717, 1.165) is 13.8 Å². The van der Waals surface area contributed by atoms with Crippen LogP contribution in [0.5, 0.6) is 0 Å². The molecule has 0 aliphatic carbocycles. The molecule has 0 bridgehead atoms. The van der Waals surface area contributed by atoms with E-state index in [-0.39, 0.29) is 67.5 Å². The molecule has 0 aromatic heterocycles. The van der Waals surface area contributed by atoms with Crippen molar-refractivity contribution in [3.8, 4) is 0 Å². The van der Waals surface area contributed by atoms with E-state index < -0.39 is 226 Å². The second-order valence-corrected chi connectivity index (χ2v) is 26.3. The van der Waals surface area contributed by atoms with Crippen LogP contribution in [0.3, 0.4) is 0 Å². The lowest BCUT2D eigenvalue weighted by Gasteiger charge is -2.33. The van der Waals surface area contributed by atoms with Gasteiger partial charge < -0.3 is 71.6 Å². The molecule has 4 unspecified atom stereocenters. The van der Waals surface area contributed by atoms with Gasteiger partial charge in [-0.1, -0.05) is 71.2 Å². The highest BCUT2D eigenvalue weighted by atomic mass is 32.3. The molecule has 0 aliphatic rings. The van der Waals surface area contributed by atoms with Crippen molar-refractivity contribution in [3.05, 3.63) is 0 Å². The zero-order valence-electron chi connectivity index (χ0n) is 49.3. The van der Waals surface area contributed by atoms with Gasteiger partial charge in [-0.2, -0.15) is 87.1 Å². The number of carbonyl (C=O) groups excluding carboxylic acids is 2. The van der Waals surface area contributed by atoms with Crippen LogP contribution in [0.2, 0.25) is 0 Å². The molecule has 92 heavy (non-hydrogen) atoms. The first kappa shape index (κ1) is 111. The van der Waals surface area contributed by atoms with Crippen LogP contribution in [-0.2, 0) is 96.9 Å². The Morgan fingerprint density at radius 1 is 0.326 bits per heavy atom. The molecule has 28 nitrogen and oxygen atoms in total. The summed E-state index contributed by atoms with van der Waals surface area (Å²) in [6.07, 6.45) is -21.5. The topological polar surface area (TPSA) is 496 Å². The van der Waals surface area contributed by atoms with Gasteiger partial charge in [-0.15, -0.1) is 0 Å². The van der Waals surface area contributed by atoms with Gasteiger partial charge in [-0.25, -0.2) is 25.2 Å². The molecule has 0 spiro atoms. The summed E-state index contributed by atoms with van der Waals surface area (Å²) in [7, 11) is -21.4. The van der Waals surface area contributed by atoms with Crippen molar-refractivity contribution in [2.45, 2.75) is 122 Å². The fourth-order valence-corrected chi connectivity index (χ4v) is 8.05. The number of hydrogen-bond acceptors (Lipinski definition) is 22. The number of quaternary nitrogens is 4. The van der Waals surface area contributed by atoms with Crippen molar-refractivity contribution in [2.75, 3.05) is 119 Å². The van der Waals surface area contributed by atoms with Crippen molar-refractivity contribution in [1.82, 2.24) is 24.6 Å². The molecule has 4 atom stereocenters. The lowest BCUT2D eigenvalue weighted by molar-refractivity contribution is -0.298. The maximum atomic E-state index is 13.2. The van der Waals surface area contributed by atoms with Gasteiger partial charge in [0.2, 0.25) is 10.2 Å². The predicted octanol–water partition coefficient (Wildman–Crippen LogP) is 9.53. The summed E-state index contributed by atoms with van der Waals surface area (Å²) in [4.78, 5) is 24.2. The predicted molar refractivity (Wildman–Crippen MR) is 296 cm³/mol. The molecule has 0 amide bonds. The summed E-state index contributed by atoms with van der Waals surface area (Å²) in [5.74, 6) is -10.7. The molecule has 0 fully saturated rings. The van der Waals surface area contributed by atoms with Crippen LogP contribution in [0.4, 0.5) is 70.2 Å². The van der Waals surface area contributed by atoms with Gasteiger partial charge in [0.1, 0.15) is 26.4 Å². The van der Waals surface area contributed by atoms with Gasteiger partial charge in [0.15, 0.2) is 20.2 Å². The largest absolute Gasteiger partial charge is 0.742 e. The maximum Gasteiger partial charge on any atom is 0.455 e. The van der Waals surface area contributed by atoms with Gasteiger partial charge in [0.25, 0.3) is 0 Å². The third-order valence-corrected chi connectivity index (χ3v) is 12.7. The highest BCUT2D eigenvalue weighted by molar-refractivity contribution is 8.01. The number of halogens is 16. The molecule has 0 radical (unpaired) electrons. The quantitative estimate of drug-likeness (QED) is 0.0247. The average Bonchev–Trinajstić information content (AvgIpc) is 3.24. The molecule has 568 valence electrons. The highest BCUT2D eigenvalue weighted by Gasteiger charge is 2.59. The molecule has 0 rings (SSSR count). The fourth-order valence-electron chi connectivity index (χ4n) is 5.74. The van der Waals surface area contributed by atoms with E-state index in [2.05, 4.69) is 27.3 Å². The number of alkyl halides is 16. The lowest BCUT2D eigenvalue weighted by atomic mass is 9.92. The standard InChI is InChI=1S/C21H32F10O12S2.C19H32F6O12S2.4CH4.4H3N/c1-15(2,5-39-7-16(3,9-43-45(36,37)38)8-41-12-18(22,23)20(26,27)28)6-40-10-17(4,14(32)44(33,34)35)11-42-13-19(24,25)21(29,30)31;1-15(2,5-33-7-16(3,9-37-39(30,31)32)8-35-12-18(20,21)22)6-34-10-17(4,14(26)38(27,28)29)11-36-13-19(23,24)25;;;;;;;;/h5-13H2,1-4H3,(H,33,34,35)(H,36,37,38);5-13H2,1-4H3,(H,27,28,29)(H,30,31,32);4*1H4;4*1H3/p+2. The van der Waals surface area contributed by atoms with E-state index in [0.29, 0.717) is 6.92 Å². The molecule has 48 heteroatoms. The third kappa shape index (κ3) is 47.3. The van der Waals surface area contributed by atoms with E-state index in [9.17, 15) is 123 Å². The fraction of sp³-hybridized carbons (Fsp3) is 0.955. The zero-order chi connectivity index (χ0) is 67.0. The minimum atomic E-state index is -6.05. The second-order valence-electron chi connectivity index (χ2n) is 21.5. The third-order valence-electron chi connectivity index (χ3n) is 9.94. The monoisotopic (exact) mass is 1490 g/mol. The van der Waals surface area contributed by atoms with E-state index in [1.54, 1.807) is 0 Å². The summed E-state index contributed by atoms with van der Waals surface area (Å²) in [5.41, 5.74) is -10.3. The SMILES string of the molecule is C.C.C.C.CC(C)(COCC(C)(COCC(F)(F)C(F)(F)F)COS(=O)(=O)O)COCC(C)(COCC(F)(F)C(F)(F)F)C(=O)S(=O)(=O)[O-].CC(C)(COCC(C)(COCC(F)(F)F)COS(=O)(=O)O)COCC(C)(COCC(F)(F)F)C(=O)S(=O)(=O)[O-].[NH4+].[NH4+].[NH4+].[NH4+]. The smallest absolute Gasteiger partial charge is 0.455 e. The molecule has 0 saturated carbocycles. The summed E-state index contributed by atoms with van der Waals surface area (Å²) in [6.45, 7) is -8.88. The zero-order valence-corrected chi connectivity index (χ0v) is 52.6. The summed E-state index contributed by atoms with van der Waals surface area (Å²) in [6, 6.07) is 0. The van der Waals surface area contributed by atoms with Crippen LogP contribution < -0.4 is 24.6 Å². The summed E-state index contributed by atoms with van der Waals surface area (Å²) in [5, 5.41) is -4.09. The molecule has 0 aliphatic heterocycles. The first-order valence-corrected chi connectivity index (χ1v) is 28.3. The minimum absolute atomic E-state index is 0. The van der Waals surface area contributed by atoms with Crippen molar-refractivity contribution < 1.29 is 178 Å². The van der Waals surface area contributed by atoms with Crippen LogP contribution in [0.1, 0.15) is 85.1 Å². The van der Waals surface area contributed by atoms with Crippen molar-refractivity contribution in [3.63, 3.8) is 0 Å². The van der Waals surface area contributed by atoms with E-state index in [4.69, 9.17) is 28.1 Å². The van der Waals surface area contributed by atoms with Crippen molar-refractivity contribution in [2.24, 2.45) is 32.5 Å². The number of carbonyl (C=O) groups is 2. The Labute approximate surface area is 525 Å². The molecule has 0 aromatic carbocycles. The first-order valence-electron chi connectivity index (χ1n) is 22.8. The summed E-state index contributed by atoms with van der Waals surface area (Å²) >= 11 is 0. The Balaban J connectivity index is -0.000000169. The first-order chi connectivity index (χ1) is 36.9. The van der Waals surface area contributed by atoms with E-state index in [1.807, 2.05) is 0 Å². The molecule has 18 N–H and O–H groups in total. The average molecular weight is 1500 g/mol. The molecule has 0 heterocycles. The highest BCUT2D eigenvalue weighted by Crippen LogP contribution is 2.38.